The molecule has 0 amide bonds. The summed E-state index contributed by atoms with van der Waals surface area (Å²) >= 11 is 0. The highest BCUT2D eigenvalue weighted by Crippen LogP contribution is 2.12. The summed E-state index contributed by atoms with van der Waals surface area (Å²) in [6.45, 7) is 1.46. The summed E-state index contributed by atoms with van der Waals surface area (Å²) in [4.78, 5) is 48.8. The first-order valence-electron chi connectivity index (χ1n) is 7.50. The second-order valence-electron chi connectivity index (χ2n) is 5.30. The van der Waals surface area contributed by atoms with Crippen LogP contribution in [0.4, 0.5) is 11.6 Å². The van der Waals surface area contributed by atoms with E-state index in [9.17, 15) is 14.4 Å². The molecule has 0 bridgehead atoms. The summed E-state index contributed by atoms with van der Waals surface area (Å²) in [7, 11) is 0. The van der Waals surface area contributed by atoms with Crippen LogP contribution < -0.4 is 16.6 Å². The number of carbonyl (C=O) groups is 2. The number of H-pyrrole nitrogens is 1. The van der Waals surface area contributed by atoms with Gasteiger partial charge in [0.05, 0.1) is 24.0 Å². The number of carbonyl (C=O) groups excluding carboxylic acids is 2. The second kappa shape index (κ2) is 6.97. The molecule has 0 spiro atoms. The average molecular weight is 354 g/mol. The number of hydrogen-bond acceptors (Lipinski definition) is 9. The number of rotatable bonds is 4. The second-order valence-corrected chi connectivity index (χ2v) is 5.30. The highest BCUT2D eigenvalue weighted by Gasteiger charge is 2.10. The molecule has 0 aliphatic heterocycles. The molecule has 0 saturated heterocycles. The van der Waals surface area contributed by atoms with Crippen LogP contribution in [0.5, 0.6) is 0 Å². The fourth-order valence-electron chi connectivity index (χ4n) is 2.16. The van der Waals surface area contributed by atoms with Gasteiger partial charge in [0.25, 0.3) is 5.56 Å². The summed E-state index contributed by atoms with van der Waals surface area (Å²) < 4.78 is 4.50. The number of ether oxygens (including phenoxy) is 1. The number of fused-ring (bicyclic) bond motifs is 1. The van der Waals surface area contributed by atoms with Gasteiger partial charge >= 0.3 is 11.9 Å². The van der Waals surface area contributed by atoms with E-state index in [-0.39, 0.29) is 22.7 Å². The predicted octanol–water partition coefficient (Wildman–Crippen LogP) is 0.611. The van der Waals surface area contributed by atoms with E-state index in [1.807, 2.05) is 0 Å². The van der Waals surface area contributed by atoms with Gasteiger partial charge in [0.1, 0.15) is 0 Å². The normalized spacial score (nSPS) is 10.5. The number of aromatic nitrogens is 4. The van der Waals surface area contributed by atoms with Crippen LogP contribution in [-0.4, -0.2) is 31.9 Å². The van der Waals surface area contributed by atoms with Gasteiger partial charge in [0.15, 0.2) is 11.2 Å². The number of nitrogens with one attached hydrogen (secondary N) is 2. The lowest BCUT2D eigenvalue weighted by Gasteiger charge is -2.07. The van der Waals surface area contributed by atoms with E-state index in [0.717, 1.165) is 6.92 Å². The Labute approximate surface area is 146 Å². The molecule has 3 rings (SSSR count). The zero-order valence-corrected chi connectivity index (χ0v) is 13.6. The average Bonchev–Trinajstić information content (AvgIpc) is 2.60. The van der Waals surface area contributed by atoms with E-state index in [4.69, 9.17) is 5.73 Å². The first kappa shape index (κ1) is 17.0. The molecule has 3 aromatic rings. The first-order chi connectivity index (χ1) is 12.4. The van der Waals surface area contributed by atoms with Crippen LogP contribution in [0.2, 0.25) is 0 Å². The molecule has 132 valence electrons. The van der Waals surface area contributed by atoms with E-state index < -0.39 is 17.5 Å². The fourth-order valence-corrected chi connectivity index (χ4v) is 2.16. The number of nitrogens with two attached hydrogens (primary N) is 1. The SMILES string of the molecule is CC(=O)OC(=O)c1ccc(NCc2cnc3nc(N)[nH]c(=O)c3n2)cc1. The van der Waals surface area contributed by atoms with Gasteiger partial charge in [-0.2, -0.15) is 4.98 Å². The van der Waals surface area contributed by atoms with Gasteiger partial charge in [-0.05, 0) is 24.3 Å². The predicted molar refractivity (Wildman–Crippen MR) is 92.2 cm³/mol. The molecule has 2 heterocycles. The standard InChI is InChI=1S/C16H14N6O4/c1-8(23)26-15(25)9-2-4-10(5-3-9)18-6-11-7-19-13-12(20-11)14(24)22-16(17)21-13/h2-5,7,18H,6H2,1H3,(H3,17,19,21,22,24). The molecular weight excluding hydrogens is 340 g/mol. The number of nitrogen functional groups attached to an aromatic ring is 1. The minimum atomic E-state index is -0.713. The zero-order chi connectivity index (χ0) is 18.7. The Kier molecular flexibility index (Phi) is 4.56. The minimum absolute atomic E-state index is 0.0222. The van der Waals surface area contributed by atoms with Crippen molar-refractivity contribution >= 4 is 34.7 Å². The maximum absolute atomic E-state index is 11.8. The summed E-state index contributed by atoms with van der Waals surface area (Å²) in [5.74, 6) is -1.40. The fraction of sp³-hybridized carbons (Fsp3) is 0.125. The van der Waals surface area contributed by atoms with E-state index in [0.29, 0.717) is 17.9 Å². The lowest BCUT2D eigenvalue weighted by atomic mass is 10.2. The Morgan fingerprint density at radius 3 is 2.65 bits per heavy atom. The van der Waals surface area contributed by atoms with Crippen molar-refractivity contribution in [2.45, 2.75) is 13.5 Å². The summed E-state index contributed by atoms with van der Waals surface area (Å²) in [6, 6.07) is 6.36. The molecule has 4 N–H and O–H groups in total. The molecule has 0 saturated carbocycles. The quantitative estimate of drug-likeness (QED) is 0.451. The Morgan fingerprint density at radius 2 is 1.96 bits per heavy atom. The van der Waals surface area contributed by atoms with Gasteiger partial charge in [-0.3, -0.25) is 14.6 Å². The number of benzene rings is 1. The highest BCUT2D eigenvalue weighted by molar-refractivity contribution is 5.96. The van der Waals surface area contributed by atoms with Crippen molar-refractivity contribution in [3.8, 4) is 0 Å². The molecule has 1 aromatic carbocycles. The van der Waals surface area contributed by atoms with E-state index in [1.165, 1.54) is 18.3 Å². The van der Waals surface area contributed by atoms with Gasteiger partial charge in [-0.25, -0.2) is 14.8 Å². The Hall–Kier alpha value is -3.82. The van der Waals surface area contributed by atoms with Crippen LogP contribution >= 0.6 is 0 Å². The number of anilines is 2. The Morgan fingerprint density at radius 1 is 1.23 bits per heavy atom. The Balaban J connectivity index is 1.71. The molecule has 2 aromatic heterocycles. The number of esters is 2. The third-order valence-electron chi connectivity index (χ3n) is 3.32. The lowest BCUT2D eigenvalue weighted by molar-refractivity contribution is -0.135. The van der Waals surface area contributed by atoms with Gasteiger partial charge < -0.3 is 15.8 Å². The van der Waals surface area contributed by atoms with Crippen LogP contribution in [-0.2, 0) is 16.1 Å². The van der Waals surface area contributed by atoms with Crippen LogP contribution in [0.15, 0.2) is 35.3 Å². The largest absolute Gasteiger partial charge is 0.390 e. The number of aromatic amines is 1. The van der Waals surface area contributed by atoms with E-state index in [1.54, 1.807) is 12.1 Å². The van der Waals surface area contributed by atoms with Crippen LogP contribution in [0, 0.1) is 0 Å². The molecule has 26 heavy (non-hydrogen) atoms. The van der Waals surface area contributed by atoms with E-state index in [2.05, 4.69) is 30.0 Å². The summed E-state index contributed by atoms with van der Waals surface area (Å²) in [5.41, 5.74) is 6.75. The first-order valence-corrected chi connectivity index (χ1v) is 7.50. The van der Waals surface area contributed by atoms with Crippen molar-refractivity contribution in [3.63, 3.8) is 0 Å². The topological polar surface area (TPSA) is 153 Å². The highest BCUT2D eigenvalue weighted by atomic mass is 16.6. The monoisotopic (exact) mass is 354 g/mol. The van der Waals surface area contributed by atoms with Gasteiger partial charge in [0, 0.05) is 12.6 Å². The number of hydrogen-bond donors (Lipinski definition) is 3. The third-order valence-corrected chi connectivity index (χ3v) is 3.32. The van der Waals surface area contributed by atoms with Crippen molar-refractivity contribution in [3.05, 3.63) is 52.1 Å². The lowest BCUT2D eigenvalue weighted by Crippen LogP contribution is -2.15. The van der Waals surface area contributed by atoms with Gasteiger partial charge in [0.2, 0.25) is 5.95 Å². The molecule has 0 fully saturated rings. The molecule has 0 unspecified atom stereocenters. The molecule has 0 aliphatic carbocycles. The molecule has 10 heteroatoms. The van der Waals surface area contributed by atoms with Crippen molar-refractivity contribution in [2.75, 3.05) is 11.1 Å². The van der Waals surface area contributed by atoms with Crippen LogP contribution in [0.1, 0.15) is 23.0 Å². The van der Waals surface area contributed by atoms with Crippen LogP contribution in [0.25, 0.3) is 11.2 Å². The summed E-state index contributed by atoms with van der Waals surface area (Å²) in [6.07, 6.45) is 1.49. The number of nitrogens with zero attached hydrogens (tertiary/aromatic N) is 3. The molecule has 0 aliphatic rings. The maximum Gasteiger partial charge on any atom is 0.345 e. The zero-order valence-electron chi connectivity index (χ0n) is 13.6. The smallest absolute Gasteiger partial charge is 0.345 e. The van der Waals surface area contributed by atoms with Crippen molar-refractivity contribution < 1.29 is 14.3 Å². The van der Waals surface area contributed by atoms with Crippen molar-refractivity contribution in [1.82, 2.24) is 19.9 Å². The molecule has 0 atom stereocenters. The molecule has 0 radical (unpaired) electrons. The van der Waals surface area contributed by atoms with Gasteiger partial charge in [-0.15, -0.1) is 0 Å². The Bertz CT molecular complexity index is 1040. The van der Waals surface area contributed by atoms with Crippen molar-refractivity contribution in [2.24, 2.45) is 0 Å². The van der Waals surface area contributed by atoms with E-state index >= 15 is 0 Å². The third kappa shape index (κ3) is 3.80. The maximum atomic E-state index is 11.8. The van der Waals surface area contributed by atoms with Gasteiger partial charge in [-0.1, -0.05) is 0 Å². The van der Waals surface area contributed by atoms with Crippen molar-refractivity contribution in [1.29, 1.82) is 0 Å². The van der Waals surface area contributed by atoms with Crippen LogP contribution in [0.3, 0.4) is 0 Å². The molecular formula is C16H14N6O4. The minimum Gasteiger partial charge on any atom is -0.390 e. The summed E-state index contributed by atoms with van der Waals surface area (Å²) in [5, 5.41) is 3.08. The molecule has 10 nitrogen and oxygen atoms in total.